The normalized spacial score (nSPS) is 13.0. The first-order valence-electron chi connectivity index (χ1n) is 13.7. The van der Waals surface area contributed by atoms with Crippen molar-refractivity contribution in [2.24, 2.45) is 0 Å². The lowest BCUT2D eigenvalue weighted by molar-refractivity contribution is 0.455. The van der Waals surface area contributed by atoms with Crippen molar-refractivity contribution in [3.8, 4) is 33.8 Å². The number of hydrogen-bond donors (Lipinski definition) is 1. The topological polar surface area (TPSA) is 47.0 Å². The summed E-state index contributed by atoms with van der Waals surface area (Å²) in [7, 11) is 0. The molecule has 3 heterocycles. The monoisotopic (exact) mass is 575 g/mol. The lowest BCUT2D eigenvalue weighted by atomic mass is 9.92. The minimum atomic E-state index is 0.848. The molecule has 42 heavy (non-hydrogen) atoms. The van der Waals surface area contributed by atoms with Gasteiger partial charge in [-0.2, -0.15) is 0 Å². The Labute approximate surface area is 250 Å². The van der Waals surface area contributed by atoms with E-state index < -0.39 is 0 Å². The number of fused-ring (bicyclic) bond motifs is 6. The molecule has 6 aromatic carbocycles. The first-order valence-corrected chi connectivity index (χ1v) is 15.4. The maximum Gasteiger partial charge on any atom is 0.142 e. The van der Waals surface area contributed by atoms with Gasteiger partial charge in [0.1, 0.15) is 11.5 Å². The molecule has 0 amide bonds. The summed E-state index contributed by atoms with van der Waals surface area (Å²) in [6, 6.07) is 41.9. The Morgan fingerprint density at radius 1 is 0.500 bits per heavy atom. The summed E-state index contributed by atoms with van der Waals surface area (Å²) >= 11 is 3.55. The predicted molar refractivity (Wildman–Crippen MR) is 172 cm³/mol. The number of aromatic nitrogens is 2. The van der Waals surface area contributed by atoms with Gasteiger partial charge in [0.05, 0.1) is 43.2 Å². The minimum absolute atomic E-state index is 0.848. The molecular weight excluding hydrogens is 555 g/mol. The number of anilines is 2. The zero-order valence-corrected chi connectivity index (χ0v) is 23.8. The molecule has 1 N–H and O–H groups in total. The summed E-state index contributed by atoms with van der Waals surface area (Å²) in [6.07, 6.45) is 0. The fraction of sp³-hybridized carbons (Fsp3) is 0. The Morgan fingerprint density at radius 2 is 1.21 bits per heavy atom. The maximum absolute atomic E-state index is 6.50. The summed E-state index contributed by atoms with van der Waals surface area (Å²) in [5.41, 5.74) is 10.1. The predicted octanol–water partition coefficient (Wildman–Crippen LogP) is 10.6. The van der Waals surface area contributed by atoms with E-state index >= 15 is 0 Å². The van der Waals surface area contributed by atoms with Gasteiger partial charge >= 0.3 is 0 Å². The molecule has 0 saturated carbocycles. The van der Waals surface area contributed by atoms with Gasteiger partial charge in [-0.05, 0) is 66.2 Å². The van der Waals surface area contributed by atoms with E-state index in [-0.39, 0.29) is 0 Å². The van der Waals surface area contributed by atoms with Crippen molar-refractivity contribution in [3.05, 3.63) is 121 Å². The van der Waals surface area contributed by atoms with Crippen LogP contribution >= 0.6 is 23.5 Å². The third-order valence-corrected chi connectivity index (χ3v) is 10.0. The molecule has 4 nitrogen and oxygen atoms in total. The van der Waals surface area contributed by atoms with Gasteiger partial charge in [-0.1, -0.05) is 84.2 Å². The van der Waals surface area contributed by atoms with E-state index in [1.165, 1.54) is 9.79 Å². The summed E-state index contributed by atoms with van der Waals surface area (Å²) in [6.45, 7) is 0. The van der Waals surface area contributed by atoms with Crippen LogP contribution in [0.15, 0.2) is 141 Å². The largest absolute Gasteiger partial charge is 0.455 e. The molecule has 0 unspecified atom stereocenters. The van der Waals surface area contributed by atoms with E-state index in [4.69, 9.17) is 14.7 Å². The standard InChI is InChI=1S/C36H21N3OS2/c1-2-12-25-24(11-1)37-27-14-7-10-23(34(27)38-25)33-21(19-20-29-36(33)42-31-17-6-4-15-28(31)40-29)22-9-8-18-32-35(22)39-26-13-3-5-16-30(26)41-32/h1-20,39H. The van der Waals surface area contributed by atoms with E-state index in [1.807, 2.05) is 42.5 Å². The van der Waals surface area contributed by atoms with Crippen molar-refractivity contribution >= 4 is 57.0 Å². The van der Waals surface area contributed by atoms with Crippen LogP contribution in [0.25, 0.3) is 44.3 Å². The second-order valence-corrected chi connectivity index (χ2v) is 12.4. The van der Waals surface area contributed by atoms with Crippen molar-refractivity contribution in [3.63, 3.8) is 0 Å². The molecule has 6 heteroatoms. The number of hydrogen-bond acceptors (Lipinski definition) is 6. The molecule has 0 aliphatic carbocycles. The second-order valence-electron chi connectivity index (χ2n) is 10.3. The quantitative estimate of drug-likeness (QED) is 0.207. The summed E-state index contributed by atoms with van der Waals surface area (Å²) in [5, 5.41) is 3.76. The molecule has 0 fully saturated rings. The molecule has 1 aromatic heterocycles. The van der Waals surface area contributed by atoms with Crippen molar-refractivity contribution in [1.29, 1.82) is 0 Å². The van der Waals surface area contributed by atoms with Crippen LogP contribution in [0.2, 0.25) is 0 Å². The molecule has 0 bridgehead atoms. The molecule has 0 radical (unpaired) electrons. The minimum Gasteiger partial charge on any atom is -0.455 e. The number of para-hydroxylation sites is 6. The fourth-order valence-corrected chi connectivity index (χ4v) is 7.94. The van der Waals surface area contributed by atoms with E-state index in [9.17, 15) is 0 Å². The lowest BCUT2D eigenvalue weighted by Crippen LogP contribution is -2.03. The van der Waals surface area contributed by atoms with E-state index in [2.05, 4.69) is 84.2 Å². The van der Waals surface area contributed by atoms with E-state index in [1.54, 1.807) is 23.5 Å². The van der Waals surface area contributed by atoms with Crippen LogP contribution in [0, 0.1) is 0 Å². The zero-order chi connectivity index (χ0) is 27.6. The van der Waals surface area contributed by atoms with Crippen LogP contribution in [0.5, 0.6) is 11.5 Å². The van der Waals surface area contributed by atoms with Gasteiger partial charge in [-0.25, -0.2) is 9.97 Å². The molecule has 0 atom stereocenters. The number of nitrogens with one attached hydrogen (secondary N) is 1. The third kappa shape index (κ3) is 3.73. The smallest absolute Gasteiger partial charge is 0.142 e. The Bertz CT molecular complexity index is 2230. The SMILES string of the molecule is c1ccc2c(c1)Nc1c(cccc1-c1ccc3c(c1-c1cccc4nc5ccccc5nc14)Sc1ccccc1O3)S2. The van der Waals surface area contributed by atoms with Crippen molar-refractivity contribution in [2.45, 2.75) is 19.6 Å². The van der Waals surface area contributed by atoms with Gasteiger partial charge in [0.25, 0.3) is 0 Å². The molecular formula is C36H21N3OS2. The highest BCUT2D eigenvalue weighted by Crippen LogP contribution is 2.56. The van der Waals surface area contributed by atoms with E-state index in [0.29, 0.717) is 0 Å². The van der Waals surface area contributed by atoms with Crippen LogP contribution < -0.4 is 10.1 Å². The highest BCUT2D eigenvalue weighted by molar-refractivity contribution is 8.00. The number of benzene rings is 6. The van der Waals surface area contributed by atoms with Gasteiger partial charge < -0.3 is 10.1 Å². The van der Waals surface area contributed by atoms with Crippen molar-refractivity contribution in [2.75, 3.05) is 5.32 Å². The molecule has 0 saturated heterocycles. The van der Waals surface area contributed by atoms with Crippen LogP contribution in [0.1, 0.15) is 0 Å². The van der Waals surface area contributed by atoms with Gasteiger partial charge in [0.2, 0.25) is 0 Å². The van der Waals surface area contributed by atoms with Crippen LogP contribution in [-0.2, 0) is 0 Å². The summed E-state index contributed by atoms with van der Waals surface area (Å²) < 4.78 is 6.50. The Balaban J connectivity index is 1.34. The lowest BCUT2D eigenvalue weighted by Gasteiger charge is -2.27. The first kappa shape index (κ1) is 23.9. The van der Waals surface area contributed by atoms with Crippen LogP contribution in [0.3, 0.4) is 0 Å². The maximum atomic E-state index is 6.50. The molecule has 9 rings (SSSR count). The highest BCUT2D eigenvalue weighted by atomic mass is 32.2. The molecule has 7 aromatic rings. The van der Waals surface area contributed by atoms with Crippen molar-refractivity contribution in [1.82, 2.24) is 9.97 Å². The average molecular weight is 576 g/mol. The average Bonchev–Trinajstić information content (AvgIpc) is 3.04. The zero-order valence-electron chi connectivity index (χ0n) is 22.2. The van der Waals surface area contributed by atoms with Crippen LogP contribution in [0.4, 0.5) is 11.4 Å². The Hall–Kier alpha value is -4.78. The number of nitrogens with zero attached hydrogens (tertiary/aromatic N) is 2. The van der Waals surface area contributed by atoms with Crippen molar-refractivity contribution < 1.29 is 4.74 Å². The summed E-state index contributed by atoms with van der Waals surface area (Å²) in [5.74, 6) is 1.73. The molecule has 0 spiro atoms. The Morgan fingerprint density at radius 3 is 2.14 bits per heavy atom. The summed E-state index contributed by atoms with van der Waals surface area (Å²) in [4.78, 5) is 14.8. The van der Waals surface area contributed by atoms with Crippen LogP contribution in [-0.4, -0.2) is 9.97 Å². The molecule has 2 aliphatic rings. The van der Waals surface area contributed by atoms with Gasteiger partial charge in [0, 0.05) is 26.5 Å². The fourth-order valence-electron chi connectivity index (χ4n) is 5.81. The second kappa shape index (κ2) is 9.38. The molecule has 2 aliphatic heterocycles. The Kier molecular flexibility index (Phi) is 5.33. The highest BCUT2D eigenvalue weighted by Gasteiger charge is 2.28. The third-order valence-electron chi connectivity index (χ3n) is 7.72. The van der Waals surface area contributed by atoms with Gasteiger partial charge in [-0.15, -0.1) is 0 Å². The number of ether oxygens (including phenoxy) is 1. The van der Waals surface area contributed by atoms with Gasteiger partial charge in [-0.3, -0.25) is 0 Å². The van der Waals surface area contributed by atoms with Gasteiger partial charge in [0.15, 0.2) is 0 Å². The first-order chi connectivity index (χ1) is 20.8. The molecule has 198 valence electrons. The van der Waals surface area contributed by atoms with E-state index in [0.717, 1.165) is 77.0 Å². The number of rotatable bonds is 2.